The fraction of sp³-hybridized carbons (Fsp3) is 0.545. The number of alkyl halides is 4. The van der Waals surface area contributed by atoms with Crippen LogP contribution in [0, 0.1) is 6.92 Å². The first-order valence-corrected chi connectivity index (χ1v) is 10.6. The lowest BCUT2D eigenvalue weighted by Gasteiger charge is -2.30. The maximum Gasteiger partial charge on any atom is 0.418 e. The molecule has 31 heavy (non-hydrogen) atoms. The molecule has 0 spiro atoms. The normalized spacial score (nSPS) is 21.5. The number of anilines is 1. The standard InChI is InChI=1S/C22H26F4N4O/c1-14-4-8-28-20-16(22(24,25)26)2-3-17(19(14)20)30-11-5-15(13-30)29-18(31)12-21(23)6-9-27-10-7-21/h2-4,8,15,27H,5-7,9-13H2,1H3,(H,29,31). The van der Waals surface area contributed by atoms with Crippen LogP contribution < -0.4 is 15.5 Å². The van der Waals surface area contributed by atoms with Crippen LogP contribution in [0.25, 0.3) is 10.9 Å². The van der Waals surface area contributed by atoms with Gasteiger partial charge in [-0.15, -0.1) is 0 Å². The molecule has 1 unspecified atom stereocenters. The first-order chi connectivity index (χ1) is 14.7. The summed E-state index contributed by atoms with van der Waals surface area (Å²) in [6, 6.07) is 4.07. The molecule has 2 aromatic rings. The van der Waals surface area contributed by atoms with E-state index >= 15 is 0 Å². The number of nitrogens with zero attached hydrogens (tertiary/aromatic N) is 2. The second-order valence-electron chi connectivity index (χ2n) is 8.56. The Morgan fingerprint density at radius 3 is 2.74 bits per heavy atom. The van der Waals surface area contributed by atoms with Crippen LogP contribution in [0.1, 0.15) is 36.8 Å². The Kier molecular flexibility index (Phi) is 5.81. The minimum absolute atomic E-state index is 0.0669. The number of fused-ring (bicyclic) bond motifs is 1. The Morgan fingerprint density at radius 2 is 2.03 bits per heavy atom. The summed E-state index contributed by atoms with van der Waals surface area (Å²) in [5.74, 6) is -0.314. The van der Waals surface area contributed by atoms with Crippen molar-refractivity contribution in [3.05, 3.63) is 35.5 Å². The highest BCUT2D eigenvalue weighted by atomic mass is 19.4. The summed E-state index contributed by atoms with van der Waals surface area (Å²) in [5, 5.41) is 6.48. The zero-order chi connectivity index (χ0) is 22.2. The molecule has 9 heteroatoms. The monoisotopic (exact) mass is 438 g/mol. The number of halogens is 4. The number of rotatable bonds is 4. The Bertz CT molecular complexity index is 972. The zero-order valence-corrected chi connectivity index (χ0v) is 17.4. The number of carbonyl (C=O) groups excluding carboxylic acids is 1. The molecule has 1 atom stereocenters. The average Bonchev–Trinajstić information content (AvgIpc) is 3.14. The Labute approximate surface area is 178 Å². The molecule has 2 aliphatic heterocycles. The topological polar surface area (TPSA) is 57.3 Å². The lowest BCUT2D eigenvalue weighted by Crippen LogP contribution is -2.44. The minimum atomic E-state index is -4.49. The van der Waals surface area contributed by atoms with E-state index in [2.05, 4.69) is 15.6 Å². The van der Waals surface area contributed by atoms with Gasteiger partial charge in [0.15, 0.2) is 0 Å². The van der Waals surface area contributed by atoms with E-state index in [0.29, 0.717) is 62.1 Å². The number of amides is 1. The number of nitrogens with one attached hydrogen (secondary N) is 2. The number of hydrogen-bond donors (Lipinski definition) is 2. The second kappa shape index (κ2) is 8.26. The number of aromatic nitrogens is 1. The van der Waals surface area contributed by atoms with Crippen LogP contribution in [-0.4, -0.2) is 48.8 Å². The smallest absolute Gasteiger partial charge is 0.369 e. The van der Waals surface area contributed by atoms with Gasteiger partial charge in [-0.1, -0.05) is 0 Å². The van der Waals surface area contributed by atoms with Crippen molar-refractivity contribution in [2.45, 2.75) is 50.5 Å². The highest BCUT2D eigenvalue weighted by molar-refractivity contribution is 5.96. The molecule has 1 aromatic carbocycles. The molecule has 0 saturated carbocycles. The predicted octanol–water partition coefficient (Wildman–Crippen LogP) is 3.74. The van der Waals surface area contributed by atoms with Crippen LogP contribution in [0.2, 0.25) is 0 Å². The molecule has 5 nitrogen and oxygen atoms in total. The van der Waals surface area contributed by atoms with Crippen molar-refractivity contribution in [3.8, 4) is 0 Å². The van der Waals surface area contributed by atoms with E-state index in [1.165, 1.54) is 12.3 Å². The molecule has 2 saturated heterocycles. The van der Waals surface area contributed by atoms with Crippen molar-refractivity contribution in [2.75, 3.05) is 31.1 Å². The lowest BCUT2D eigenvalue weighted by atomic mass is 9.90. The summed E-state index contributed by atoms with van der Waals surface area (Å²) in [5.41, 5.74) is -0.911. The third kappa shape index (κ3) is 4.61. The van der Waals surface area contributed by atoms with Crippen LogP contribution in [0.4, 0.5) is 23.2 Å². The first-order valence-electron chi connectivity index (χ1n) is 10.6. The van der Waals surface area contributed by atoms with Crippen LogP contribution in [0.3, 0.4) is 0 Å². The Morgan fingerprint density at radius 1 is 1.29 bits per heavy atom. The summed E-state index contributed by atoms with van der Waals surface area (Å²) >= 11 is 0. The van der Waals surface area contributed by atoms with Gasteiger partial charge in [0, 0.05) is 36.4 Å². The highest BCUT2D eigenvalue weighted by Crippen LogP contribution is 2.39. The summed E-state index contributed by atoms with van der Waals surface area (Å²) in [7, 11) is 0. The van der Waals surface area contributed by atoms with Crippen LogP contribution in [0.15, 0.2) is 24.4 Å². The Hall–Kier alpha value is -2.42. The first kappa shape index (κ1) is 21.8. The number of benzene rings is 1. The summed E-state index contributed by atoms with van der Waals surface area (Å²) < 4.78 is 55.1. The van der Waals surface area contributed by atoms with Gasteiger partial charge in [0.1, 0.15) is 5.67 Å². The van der Waals surface area contributed by atoms with Crippen molar-refractivity contribution in [1.29, 1.82) is 0 Å². The largest absolute Gasteiger partial charge is 0.418 e. The summed E-state index contributed by atoms with van der Waals surface area (Å²) in [6.07, 6.45) is -1.97. The number of hydrogen-bond acceptors (Lipinski definition) is 4. The van der Waals surface area contributed by atoms with Gasteiger partial charge in [0.2, 0.25) is 5.91 Å². The van der Waals surface area contributed by atoms with E-state index in [-0.39, 0.29) is 23.9 Å². The SMILES string of the molecule is Cc1ccnc2c(C(F)(F)F)ccc(N3CCC(NC(=O)CC4(F)CCNCC4)C3)c12. The van der Waals surface area contributed by atoms with E-state index in [1.54, 1.807) is 13.0 Å². The zero-order valence-electron chi connectivity index (χ0n) is 17.4. The van der Waals surface area contributed by atoms with Crippen molar-refractivity contribution < 1.29 is 22.4 Å². The molecule has 1 amide bonds. The average molecular weight is 438 g/mol. The quantitative estimate of drug-likeness (QED) is 0.715. The van der Waals surface area contributed by atoms with Gasteiger partial charge in [-0.25, -0.2) is 4.39 Å². The third-order valence-corrected chi connectivity index (χ3v) is 6.25. The van der Waals surface area contributed by atoms with Crippen LogP contribution in [0.5, 0.6) is 0 Å². The molecule has 0 radical (unpaired) electrons. The van der Waals surface area contributed by atoms with E-state index in [0.717, 1.165) is 6.07 Å². The molecule has 1 aromatic heterocycles. The predicted molar refractivity (Wildman–Crippen MR) is 111 cm³/mol. The molecule has 2 N–H and O–H groups in total. The van der Waals surface area contributed by atoms with Gasteiger partial charge >= 0.3 is 6.18 Å². The molecular formula is C22H26F4N4O. The molecule has 4 rings (SSSR count). The van der Waals surface area contributed by atoms with E-state index in [9.17, 15) is 22.4 Å². The molecule has 2 aliphatic rings. The number of carbonyl (C=O) groups is 1. The molecule has 2 fully saturated rings. The van der Waals surface area contributed by atoms with Gasteiger partial charge in [0.05, 0.1) is 17.5 Å². The molecular weight excluding hydrogens is 412 g/mol. The number of piperidine rings is 1. The highest BCUT2D eigenvalue weighted by Gasteiger charge is 2.37. The van der Waals surface area contributed by atoms with Crippen molar-refractivity contribution in [2.24, 2.45) is 0 Å². The number of pyridine rings is 1. The molecule has 0 bridgehead atoms. The summed E-state index contributed by atoms with van der Waals surface area (Å²) in [4.78, 5) is 18.4. The van der Waals surface area contributed by atoms with Gasteiger partial charge < -0.3 is 15.5 Å². The summed E-state index contributed by atoms with van der Waals surface area (Å²) in [6.45, 7) is 3.94. The van der Waals surface area contributed by atoms with Crippen LogP contribution in [-0.2, 0) is 11.0 Å². The minimum Gasteiger partial charge on any atom is -0.369 e. The van der Waals surface area contributed by atoms with Gasteiger partial charge in [0.25, 0.3) is 0 Å². The third-order valence-electron chi connectivity index (χ3n) is 6.25. The van der Waals surface area contributed by atoms with Crippen LogP contribution >= 0.6 is 0 Å². The van der Waals surface area contributed by atoms with E-state index < -0.39 is 17.4 Å². The Balaban J connectivity index is 1.50. The van der Waals surface area contributed by atoms with Gasteiger partial charge in [-0.05, 0) is 63.0 Å². The van der Waals surface area contributed by atoms with Crippen molar-refractivity contribution in [1.82, 2.24) is 15.6 Å². The molecule has 0 aliphatic carbocycles. The molecule has 3 heterocycles. The van der Waals surface area contributed by atoms with E-state index in [4.69, 9.17) is 0 Å². The van der Waals surface area contributed by atoms with E-state index in [1.807, 2.05) is 4.90 Å². The fourth-order valence-electron chi connectivity index (χ4n) is 4.62. The van der Waals surface area contributed by atoms with Crippen molar-refractivity contribution in [3.63, 3.8) is 0 Å². The van der Waals surface area contributed by atoms with Crippen molar-refractivity contribution >= 4 is 22.5 Å². The maximum absolute atomic E-state index is 14.8. The van der Waals surface area contributed by atoms with Gasteiger partial charge in [-0.2, -0.15) is 13.2 Å². The second-order valence-corrected chi connectivity index (χ2v) is 8.56. The van der Waals surface area contributed by atoms with Gasteiger partial charge in [-0.3, -0.25) is 9.78 Å². The molecule has 168 valence electrons. The maximum atomic E-state index is 14.8. The number of aryl methyl sites for hydroxylation is 1. The lowest BCUT2D eigenvalue weighted by molar-refractivity contribution is -0.136. The fourth-order valence-corrected chi connectivity index (χ4v) is 4.62.